The summed E-state index contributed by atoms with van der Waals surface area (Å²) in [6.45, 7) is 3.28. The van der Waals surface area contributed by atoms with Gasteiger partial charge in [-0.1, -0.05) is 6.07 Å². The van der Waals surface area contributed by atoms with Gasteiger partial charge in [-0.25, -0.2) is 4.98 Å². The van der Waals surface area contributed by atoms with Gasteiger partial charge in [0.1, 0.15) is 12.4 Å². The third kappa shape index (κ3) is 3.95. The number of methoxy groups -OCH3 is 1. The number of aryl methyl sites for hydroxylation is 2. The molecule has 1 aromatic carbocycles. The van der Waals surface area contributed by atoms with Gasteiger partial charge >= 0.3 is 0 Å². The summed E-state index contributed by atoms with van der Waals surface area (Å²) in [6, 6.07) is 6.03. The van der Waals surface area contributed by atoms with E-state index in [-0.39, 0.29) is 12.5 Å². The molecule has 0 fully saturated rings. The van der Waals surface area contributed by atoms with Crippen molar-refractivity contribution in [1.82, 2.24) is 14.9 Å². The zero-order valence-electron chi connectivity index (χ0n) is 12.4. The van der Waals surface area contributed by atoms with Crippen LogP contribution in [0.4, 0.5) is 0 Å². The van der Waals surface area contributed by atoms with Gasteiger partial charge in [-0.3, -0.25) is 4.79 Å². The molecule has 1 amide bonds. The molecule has 0 radical (unpaired) electrons. The second kappa shape index (κ2) is 7.43. The molecular weight excluding hydrogens is 290 g/mol. The summed E-state index contributed by atoms with van der Waals surface area (Å²) >= 11 is 5.84. The van der Waals surface area contributed by atoms with Gasteiger partial charge in [0, 0.05) is 26.0 Å². The maximum atomic E-state index is 12.0. The quantitative estimate of drug-likeness (QED) is 0.628. The zero-order valence-corrected chi connectivity index (χ0v) is 13.1. The number of alkyl halides is 1. The molecule has 0 spiro atoms. The third-order valence-corrected chi connectivity index (χ3v) is 3.42. The number of rotatable bonds is 7. The van der Waals surface area contributed by atoms with Gasteiger partial charge in [0.2, 0.25) is 5.91 Å². The van der Waals surface area contributed by atoms with Crippen LogP contribution in [0.2, 0.25) is 0 Å². The van der Waals surface area contributed by atoms with Crippen molar-refractivity contribution in [1.29, 1.82) is 0 Å². The van der Waals surface area contributed by atoms with E-state index < -0.39 is 0 Å². The molecule has 0 aliphatic rings. The minimum absolute atomic E-state index is 0.0521. The number of carbonyl (C=O) groups is 1. The van der Waals surface area contributed by atoms with Crippen molar-refractivity contribution >= 4 is 28.5 Å². The van der Waals surface area contributed by atoms with Crippen molar-refractivity contribution in [3.63, 3.8) is 0 Å². The summed E-state index contributed by atoms with van der Waals surface area (Å²) in [4.78, 5) is 16.6. The van der Waals surface area contributed by atoms with Crippen LogP contribution in [-0.2, 0) is 22.5 Å². The first-order chi connectivity index (χ1) is 10.2. The number of hydrogen-bond donors (Lipinski definition) is 1. The average molecular weight is 310 g/mol. The number of fused-ring (bicyclic) bond motifs is 1. The highest BCUT2D eigenvalue weighted by atomic mass is 35.5. The maximum Gasteiger partial charge on any atom is 0.240 e. The lowest BCUT2D eigenvalue weighted by Gasteiger charge is -2.09. The molecule has 0 saturated carbocycles. The van der Waals surface area contributed by atoms with Crippen LogP contribution in [0, 0.1) is 6.92 Å². The van der Waals surface area contributed by atoms with Crippen LogP contribution >= 0.6 is 11.6 Å². The first-order valence-electron chi connectivity index (χ1n) is 6.93. The molecule has 5 nitrogen and oxygen atoms in total. The lowest BCUT2D eigenvalue weighted by molar-refractivity contribution is -0.121. The van der Waals surface area contributed by atoms with E-state index >= 15 is 0 Å². The number of benzene rings is 1. The summed E-state index contributed by atoms with van der Waals surface area (Å²) in [5, 5.41) is 2.82. The first kappa shape index (κ1) is 15.8. The highest BCUT2D eigenvalue weighted by molar-refractivity contribution is 6.17. The average Bonchev–Trinajstić information content (AvgIpc) is 2.77. The van der Waals surface area contributed by atoms with E-state index in [0.717, 1.165) is 22.4 Å². The Morgan fingerprint density at radius 1 is 1.48 bits per heavy atom. The summed E-state index contributed by atoms with van der Waals surface area (Å²) in [5.41, 5.74) is 3.00. The monoisotopic (exact) mass is 309 g/mol. The number of amides is 1. The van der Waals surface area contributed by atoms with Crippen molar-refractivity contribution in [2.24, 2.45) is 0 Å². The molecule has 21 heavy (non-hydrogen) atoms. The van der Waals surface area contributed by atoms with E-state index in [1.165, 1.54) is 0 Å². The number of ether oxygens (including phenoxy) is 1. The highest BCUT2D eigenvalue weighted by Crippen LogP contribution is 2.18. The van der Waals surface area contributed by atoms with E-state index in [2.05, 4.69) is 10.3 Å². The molecule has 0 bridgehead atoms. The lowest BCUT2D eigenvalue weighted by Crippen LogP contribution is -2.30. The molecule has 2 rings (SSSR count). The standard InChI is InChI=1S/C15H20ClN3O2/c1-11-3-4-12-13(9-11)19(14(18-12)5-6-16)10-15(20)17-7-8-21-2/h3-4,9H,5-8,10H2,1-2H3,(H,17,20). The van der Waals surface area contributed by atoms with Crippen LogP contribution < -0.4 is 5.32 Å². The van der Waals surface area contributed by atoms with Crippen LogP contribution in [0.15, 0.2) is 18.2 Å². The number of hydrogen-bond acceptors (Lipinski definition) is 3. The van der Waals surface area contributed by atoms with Crippen molar-refractivity contribution in [3.8, 4) is 0 Å². The maximum absolute atomic E-state index is 12.0. The van der Waals surface area contributed by atoms with Gasteiger partial charge in [-0.05, 0) is 24.6 Å². The second-order valence-electron chi connectivity index (χ2n) is 4.89. The SMILES string of the molecule is COCCNC(=O)Cn1c(CCCl)nc2ccc(C)cc21. The largest absolute Gasteiger partial charge is 0.383 e. The van der Waals surface area contributed by atoms with Gasteiger partial charge in [0.25, 0.3) is 0 Å². The molecular formula is C15H20ClN3O2. The Hall–Kier alpha value is -1.59. The zero-order chi connectivity index (χ0) is 15.2. The molecule has 0 aliphatic heterocycles. The normalized spacial score (nSPS) is 11.0. The van der Waals surface area contributed by atoms with Crippen molar-refractivity contribution in [2.45, 2.75) is 19.9 Å². The fourth-order valence-corrected chi connectivity index (χ4v) is 2.40. The Bertz CT molecular complexity index is 625. The number of nitrogens with zero attached hydrogens (tertiary/aromatic N) is 2. The summed E-state index contributed by atoms with van der Waals surface area (Å²) in [7, 11) is 1.61. The second-order valence-corrected chi connectivity index (χ2v) is 5.27. The fraction of sp³-hybridized carbons (Fsp3) is 0.467. The Kier molecular flexibility index (Phi) is 5.59. The van der Waals surface area contributed by atoms with E-state index in [1.54, 1.807) is 7.11 Å². The number of imidazole rings is 1. The van der Waals surface area contributed by atoms with Crippen molar-refractivity contribution < 1.29 is 9.53 Å². The third-order valence-electron chi connectivity index (χ3n) is 3.23. The lowest BCUT2D eigenvalue weighted by atomic mass is 10.2. The number of aromatic nitrogens is 2. The summed E-state index contributed by atoms with van der Waals surface area (Å²) in [6.07, 6.45) is 0.640. The van der Waals surface area contributed by atoms with Crippen molar-refractivity contribution in [3.05, 3.63) is 29.6 Å². The fourth-order valence-electron chi connectivity index (χ4n) is 2.23. The molecule has 0 saturated heterocycles. The molecule has 0 atom stereocenters. The van der Waals surface area contributed by atoms with Gasteiger partial charge in [0.15, 0.2) is 0 Å². The van der Waals surface area contributed by atoms with Gasteiger partial charge in [-0.15, -0.1) is 11.6 Å². The number of halogens is 1. The molecule has 0 aliphatic carbocycles. The molecule has 2 aromatic rings. The molecule has 6 heteroatoms. The number of nitrogens with one attached hydrogen (secondary N) is 1. The van der Waals surface area contributed by atoms with Crippen LogP contribution in [0.1, 0.15) is 11.4 Å². The highest BCUT2D eigenvalue weighted by Gasteiger charge is 2.13. The molecule has 1 heterocycles. The predicted molar refractivity (Wildman–Crippen MR) is 83.8 cm³/mol. The van der Waals surface area contributed by atoms with Crippen LogP contribution in [0.25, 0.3) is 11.0 Å². The summed E-state index contributed by atoms with van der Waals surface area (Å²) < 4.78 is 6.86. The Balaban J connectivity index is 2.24. The topological polar surface area (TPSA) is 56.1 Å². The van der Waals surface area contributed by atoms with Crippen LogP contribution in [-0.4, -0.2) is 41.6 Å². The molecule has 1 N–H and O–H groups in total. The van der Waals surface area contributed by atoms with Gasteiger partial charge in [0.05, 0.1) is 17.6 Å². The van der Waals surface area contributed by atoms with Crippen LogP contribution in [0.5, 0.6) is 0 Å². The van der Waals surface area contributed by atoms with E-state index in [4.69, 9.17) is 16.3 Å². The Labute approximate surface area is 129 Å². The van der Waals surface area contributed by atoms with Crippen LogP contribution in [0.3, 0.4) is 0 Å². The molecule has 1 aromatic heterocycles. The number of carbonyl (C=O) groups excluding carboxylic acids is 1. The van der Waals surface area contributed by atoms with Crippen molar-refractivity contribution in [2.75, 3.05) is 26.1 Å². The minimum atomic E-state index is -0.0521. The summed E-state index contributed by atoms with van der Waals surface area (Å²) in [5.74, 6) is 1.27. The van der Waals surface area contributed by atoms with E-state index in [9.17, 15) is 4.79 Å². The first-order valence-corrected chi connectivity index (χ1v) is 7.46. The van der Waals surface area contributed by atoms with E-state index in [1.807, 2.05) is 29.7 Å². The predicted octanol–water partition coefficient (Wildman–Crippen LogP) is 1.89. The molecule has 114 valence electrons. The molecule has 0 unspecified atom stereocenters. The van der Waals surface area contributed by atoms with E-state index in [0.29, 0.717) is 25.5 Å². The van der Waals surface area contributed by atoms with Gasteiger partial charge in [-0.2, -0.15) is 0 Å². The Morgan fingerprint density at radius 2 is 2.29 bits per heavy atom. The Morgan fingerprint density at radius 3 is 3.00 bits per heavy atom. The smallest absolute Gasteiger partial charge is 0.240 e. The minimum Gasteiger partial charge on any atom is -0.383 e. The van der Waals surface area contributed by atoms with Gasteiger partial charge < -0.3 is 14.6 Å².